The lowest BCUT2D eigenvalue weighted by molar-refractivity contribution is -0.129. The minimum atomic E-state index is -0.321. The zero-order valence-electron chi connectivity index (χ0n) is 8.28. The average molecular weight is 191 g/mol. The van der Waals surface area contributed by atoms with Gasteiger partial charge in [-0.2, -0.15) is 0 Å². The quantitative estimate of drug-likeness (QED) is 0.769. The van der Waals surface area contributed by atoms with Crippen molar-refractivity contribution in [3.8, 4) is 0 Å². The van der Waals surface area contributed by atoms with Crippen LogP contribution >= 0.6 is 0 Å². The Kier molecular flexibility index (Phi) is 3.40. The molecule has 14 heavy (non-hydrogen) atoms. The number of hydrogen-bond acceptors (Lipinski definition) is 2. The number of hydrogen-bond donors (Lipinski definition) is 1. The van der Waals surface area contributed by atoms with E-state index >= 15 is 0 Å². The maximum Gasteiger partial charge on any atom is 0.233 e. The number of carbonyl (C=O) groups is 2. The highest BCUT2D eigenvalue weighted by Crippen LogP contribution is 2.13. The van der Waals surface area contributed by atoms with Gasteiger partial charge in [-0.25, -0.2) is 0 Å². The van der Waals surface area contributed by atoms with Crippen LogP contribution in [0.4, 0.5) is 0 Å². The number of nitrogens with one attached hydrogen (secondary N) is 1. The monoisotopic (exact) mass is 191 g/mol. The first-order valence-electron chi connectivity index (χ1n) is 4.47. The molecule has 0 spiro atoms. The molecule has 3 nitrogen and oxygen atoms in total. The molecular formula is C11H13NO2. The molecule has 0 heterocycles. The van der Waals surface area contributed by atoms with Gasteiger partial charge in [0, 0.05) is 6.92 Å². The van der Waals surface area contributed by atoms with Gasteiger partial charge in [-0.15, -0.1) is 0 Å². The summed E-state index contributed by atoms with van der Waals surface area (Å²) >= 11 is 0. The van der Waals surface area contributed by atoms with Crippen molar-refractivity contribution in [2.45, 2.75) is 19.8 Å². The van der Waals surface area contributed by atoms with Gasteiger partial charge in [0.2, 0.25) is 11.8 Å². The second-order valence-corrected chi connectivity index (χ2v) is 3.18. The lowest BCUT2D eigenvalue weighted by atomic mass is 10.0. The fraction of sp³-hybridized carbons (Fsp3) is 0.273. The van der Waals surface area contributed by atoms with Crippen LogP contribution in [0.25, 0.3) is 0 Å². The molecule has 1 aromatic carbocycles. The molecule has 0 radical (unpaired) electrons. The summed E-state index contributed by atoms with van der Waals surface area (Å²) in [6, 6.07) is 9.35. The Bertz CT molecular complexity index is 332. The van der Waals surface area contributed by atoms with Crippen molar-refractivity contribution in [3.05, 3.63) is 35.9 Å². The molecule has 74 valence electrons. The van der Waals surface area contributed by atoms with Crippen molar-refractivity contribution < 1.29 is 9.59 Å². The molecule has 0 aliphatic rings. The summed E-state index contributed by atoms with van der Waals surface area (Å²) in [6.45, 7) is 3.10. The van der Waals surface area contributed by atoms with E-state index in [-0.39, 0.29) is 17.7 Å². The lowest BCUT2D eigenvalue weighted by Gasteiger charge is -2.09. The van der Waals surface area contributed by atoms with E-state index in [9.17, 15) is 9.59 Å². The summed E-state index contributed by atoms with van der Waals surface area (Å²) in [6.07, 6.45) is 0. The van der Waals surface area contributed by atoms with Crippen LogP contribution in [0.1, 0.15) is 25.3 Å². The van der Waals surface area contributed by atoms with Crippen molar-refractivity contribution in [2.75, 3.05) is 0 Å². The highest BCUT2D eigenvalue weighted by Gasteiger charge is 2.15. The summed E-state index contributed by atoms with van der Waals surface area (Å²) in [5, 5.41) is 2.26. The van der Waals surface area contributed by atoms with E-state index in [1.807, 2.05) is 30.3 Å². The molecule has 1 aromatic rings. The largest absolute Gasteiger partial charge is 0.296 e. The first kappa shape index (κ1) is 10.4. The van der Waals surface area contributed by atoms with Gasteiger partial charge >= 0.3 is 0 Å². The van der Waals surface area contributed by atoms with Crippen LogP contribution in [0.3, 0.4) is 0 Å². The van der Waals surface area contributed by atoms with E-state index < -0.39 is 0 Å². The van der Waals surface area contributed by atoms with Crippen LogP contribution < -0.4 is 5.32 Å². The van der Waals surface area contributed by atoms with Crippen LogP contribution in [0.15, 0.2) is 30.3 Å². The topological polar surface area (TPSA) is 46.2 Å². The van der Waals surface area contributed by atoms with Crippen LogP contribution in [0.2, 0.25) is 0 Å². The molecule has 1 atom stereocenters. The molecule has 0 aliphatic heterocycles. The van der Waals surface area contributed by atoms with E-state index in [2.05, 4.69) is 5.32 Å². The maximum absolute atomic E-state index is 11.4. The number of benzene rings is 1. The van der Waals surface area contributed by atoms with Gasteiger partial charge in [-0.3, -0.25) is 14.9 Å². The predicted octanol–water partition coefficient (Wildman–Crippen LogP) is 1.45. The molecule has 0 aliphatic carbocycles. The first-order valence-corrected chi connectivity index (χ1v) is 4.47. The van der Waals surface area contributed by atoms with Crippen LogP contribution in [0, 0.1) is 0 Å². The Morgan fingerprint density at radius 1 is 1.21 bits per heavy atom. The Morgan fingerprint density at radius 2 is 1.79 bits per heavy atom. The SMILES string of the molecule is CC(=O)NC(=O)C(C)c1ccccc1. The minimum absolute atomic E-state index is 0.260. The Morgan fingerprint density at radius 3 is 2.29 bits per heavy atom. The van der Waals surface area contributed by atoms with Gasteiger partial charge < -0.3 is 0 Å². The zero-order chi connectivity index (χ0) is 10.6. The minimum Gasteiger partial charge on any atom is -0.296 e. The number of carbonyl (C=O) groups excluding carboxylic acids is 2. The van der Waals surface area contributed by atoms with E-state index in [1.165, 1.54) is 6.92 Å². The summed E-state index contributed by atoms with van der Waals surface area (Å²) in [5.74, 6) is -0.874. The standard InChI is InChI=1S/C11H13NO2/c1-8(11(14)12-9(2)13)10-6-4-3-5-7-10/h3-8H,1-2H3,(H,12,13,14). The van der Waals surface area contributed by atoms with E-state index in [0.29, 0.717) is 0 Å². The summed E-state index contributed by atoms with van der Waals surface area (Å²) in [5.41, 5.74) is 0.909. The Hall–Kier alpha value is -1.64. The highest BCUT2D eigenvalue weighted by molar-refractivity contribution is 5.97. The average Bonchev–Trinajstić information content (AvgIpc) is 2.17. The molecule has 2 amide bonds. The molecule has 1 unspecified atom stereocenters. The van der Waals surface area contributed by atoms with Gasteiger partial charge in [-0.1, -0.05) is 30.3 Å². The van der Waals surface area contributed by atoms with Gasteiger partial charge in [0.15, 0.2) is 0 Å². The van der Waals surface area contributed by atoms with Gasteiger partial charge in [0.05, 0.1) is 5.92 Å². The molecular weight excluding hydrogens is 178 g/mol. The van der Waals surface area contributed by atoms with E-state index in [1.54, 1.807) is 6.92 Å². The highest BCUT2D eigenvalue weighted by atomic mass is 16.2. The van der Waals surface area contributed by atoms with Crippen molar-refractivity contribution in [3.63, 3.8) is 0 Å². The van der Waals surface area contributed by atoms with Crippen LogP contribution in [-0.4, -0.2) is 11.8 Å². The molecule has 0 saturated carbocycles. The smallest absolute Gasteiger partial charge is 0.233 e. The van der Waals surface area contributed by atoms with Gasteiger partial charge in [0.1, 0.15) is 0 Å². The third kappa shape index (κ3) is 2.69. The van der Waals surface area contributed by atoms with E-state index in [4.69, 9.17) is 0 Å². The van der Waals surface area contributed by atoms with Crippen LogP contribution in [0.5, 0.6) is 0 Å². The lowest BCUT2D eigenvalue weighted by Crippen LogP contribution is -2.31. The molecule has 3 heteroatoms. The Labute approximate surface area is 83.1 Å². The molecule has 1 N–H and O–H groups in total. The van der Waals surface area contributed by atoms with Crippen molar-refractivity contribution in [1.29, 1.82) is 0 Å². The summed E-state index contributed by atoms with van der Waals surface area (Å²) in [7, 11) is 0. The third-order valence-corrected chi connectivity index (χ3v) is 1.99. The fourth-order valence-electron chi connectivity index (χ4n) is 1.17. The van der Waals surface area contributed by atoms with E-state index in [0.717, 1.165) is 5.56 Å². The molecule has 1 rings (SSSR count). The first-order chi connectivity index (χ1) is 6.61. The second-order valence-electron chi connectivity index (χ2n) is 3.18. The normalized spacial score (nSPS) is 11.9. The zero-order valence-corrected chi connectivity index (χ0v) is 8.28. The molecule has 0 saturated heterocycles. The third-order valence-electron chi connectivity index (χ3n) is 1.99. The number of rotatable bonds is 2. The van der Waals surface area contributed by atoms with Crippen LogP contribution in [-0.2, 0) is 9.59 Å². The predicted molar refractivity (Wildman–Crippen MR) is 53.7 cm³/mol. The van der Waals surface area contributed by atoms with Crippen molar-refractivity contribution in [2.24, 2.45) is 0 Å². The molecule has 0 fully saturated rings. The molecule has 0 bridgehead atoms. The van der Waals surface area contributed by atoms with Crippen molar-refractivity contribution >= 4 is 11.8 Å². The Balaban J connectivity index is 2.71. The number of amides is 2. The van der Waals surface area contributed by atoms with Gasteiger partial charge in [0.25, 0.3) is 0 Å². The maximum atomic E-state index is 11.4. The molecule has 0 aromatic heterocycles. The fourth-order valence-corrected chi connectivity index (χ4v) is 1.17. The van der Waals surface area contributed by atoms with Gasteiger partial charge in [-0.05, 0) is 12.5 Å². The van der Waals surface area contributed by atoms with Crippen molar-refractivity contribution in [1.82, 2.24) is 5.32 Å². The number of imide groups is 1. The second kappa shape index (κ2) is 4.56. The summed E-state index contributed by atoms with van der Waals surface area (Å²) < 4.78 is 0. The summed E-state index contributed by atoms with van der Waals surface area (Å²) in [4.78, 5) is 22.1.